The Hall–Kier alpha value is -2.03. The lowest BCUT2D eigenvalue weighted by Gasteiger charge is -2.48. The summed E-state index contributed by atoms with van der Waals surface area (Å²) >= 11 is 0. The Kier molecular flexibility index (Phi) is 5.47. The van der Waals surface area contributed by atoms with Crippen LogP contribution in [-0.2, 0) is 23.9 Å². The predicted molar refractivity (Wildman–Crippen MR) is 117 cm³/mol. The number of esters is 2. The zero-order valence-electron chi connectivity index (χ0n) is 19.9. The van der Waals surface area contributed by atoms with Crippen LogP contribution in [0.1, 0.15) is 60.3 Å². The van der Waals surface area contributed by atoms with E-state index in [1.54, 1.807) is 32.9 Å². The summed E-state index contributed by atoms with van der Waals surface area (Å²) in [5, 5.41) is 33.8. The molecule has 8 nitrogen and oxygen atoms in total. The third-order valence-corrected chi connectivity index (χ3v) is 8.56. The molecule has 0 aromatic carbocycles. The molecule has 3 N–H and O–H groups in total. The quantitative estimate of drug-likeness (QED) is 0.415. The van der Waals surface area contributed by atoms with Crippen molar-refractivity contribution in [3.63, 3.8) is 0 Å². The molecule has 4 aliphatic rings. The van der Waals surface area contributed by atoms with Crippen LogP contribution in [0.15, 0.2) is 23.3 Å². The van der Waals surface area contributed by atoms with E-state index in [1.165, 1.54) is 0 Å². The Labute approximate surface area is 193 Å². The topological polar surface area (TPSA) is 130 Å². The normalized spacial score (nSPS) is 42.7. The molecule has 2 fully saturated rings. The van der Waals surface area contributed by atoms with Gasteiger partial charge in [-0.25, -0.2) is 0 Å². The van der Waals surface area contributed by atoms with Crippen LogP contribution in [0.3, 0.4) is 0 Å². The van der Waals surface area contributed by atoms with E-state index in [0.29, 0.717) is 11.1 Å². The van der Waals surface area contributed by atoms with Crippen LogP contribution in [0.5, 0.6) is 0 Å². The minimum Gasteiger partial charge on any atom is -0.458 e. The van der Waals surface area contributed by atoms with Gasteiger partial charge in [-0.05, 0) is 18.1 Å². The summed E-state index contributed by atoms with van der Waals surface area (Å²) in [5.41, 5.74) is -4.57. The molecule has 8 heteroatoms. The Morgan fingerprint density at radius 1 is 1.12 bits per heavy atom. The predicted octanol–water partition coefficient (Wildman–Crippen LogP) is 1.61. The van der Waals surface area contributed by atoms with Crippen molar-refractivity contribution in [2.75, 3.05) is 6.61 Å². The Morgan fingerprint density at radius 2 is 1.76 bits per heavy atom. The third kappa shape index (κ3) is 3.03. The van der Waals surface area contributed by atoms with Gasteiger partial charge in [-0.3, -0.25) is 14.4 Å². The number of aliphatic hydroxyl groups excluding tert-OH is 1. The van der Waals surface area contributed by atoms with Crippen molar-refractivity contribution >= 4 is 17.7 Å². The van der Waals surface area contributed by atoms with Gasteiger partial charge in [0, 0.05) is 48.9 Å². The molecule has 0 amide bonds. The fourth-order valence-electron chi connectivity index (χ4n) is 6.93. The van der Waals surface area contributed by atoms with Crippen LogP contribution < -0.4 is 0 Å². The number of Topliss-reactive ketones (excluding diaryl/α,β-unsaturated/α-hetero) is 1. The maximum absolute atomic E-state index is 13.0. The molecule has 0 unspecified atom stereocenters. The van der Waals surface area contributed by atoms with E-state index in [2.05, 4.69) is 0 Å². The smallest absolute Gasteiger partial charge is 0.306 e. The van der Waals surface area contributed by atoms with Gasteiger partial charge in [0.2, 0.25) is 0 Å². The van der Waals surface area contributed by atoms with Crippen molar-refractivity contribution < 1.29 is 39.2 Å². The molecule has 0 heterocycles. The average Bonchev–Trinajstić information content (AvgIpc) is 3.19. The SMILES string of the molecule is CCC(=O)O[C@@H]1C[C@@]2(O)[C@@H](C=C(CO)C[C@]3(O)C(=O)C(C)=C[C@@H]23)[C@@H]2C(C)(C)[C@@]21OC(=O)CC. The van der Waals surface area contributed by atoms with E-state index in [-0.39, 0.29) is 32.3 Å². The van der Waals surface area contributed by atoms with E-state index in [9.17, 15) is 29.7 Å². The highest BCUT2D eigenvalue weighted by atomic mass is 16.6. The summed E-state index contributed by atoms with van der Waals surface area (Å²) < 4.78 is 11.8. The number of aliphatic hydroxyl groups is 3. The lowest BCUT2D eigenvalue weighted by molar-refractivity contribution is -0.206. The highest BCUT2D eigenvalue weighted by Crippen LogP contribution is 2.76. The Morgan fingerprint density at radius 3 is 2.33 bits per heavy atom. The van der Waals surface area contributed by atoms with Crippen LogP contribution >= 0.6 is 0 Å². The fraction of sp³-hybridized carbons (Fsp3) is 0.720. The van der Waals surface area contributed by atoms with Crippen molar-refractivity contribution in [1.82, 2.24) is 0 Å². The summed E-state index contributed by atoms with van der Waals surface area (Å²) in [4.78, 5) is 37.8. The minimum absolute atomic E-state index is 0.103. The number of ether oxygens (including phenoxy) is 2. The van der Waals surface area contributed by atoms with E-state index >= 15 is 0 Å². The molecule has 2 saturated carbocycles. The van der Waals surface area contributed by atoms with Gasteiger partial charge in [-0.15, -0.1) is 0 Å². The van der Waals surface area contributed by atoms with Gasteiger partial charge in [-0.1, -0.05) is 39.8 Å². The molecule has 0 bridgehead atoms. The van der Waals surface area contributed by atoms with E-state index < -0.39 is 63.8 Å². The molecule has 0 radical (unpaired) electrons. The van der Waals surface area contributed by atoms with Crippen molar-refractivity contribution in [1.29, 1.82) is 0 Å². The summed E-state index contributed by atoms with van der Waals surface area (Å²) in [6.45, 7) is 8.37. The molecule has 0 aromatic heterocycles. The van der Waals surface area contributed by atoms with Crippen molar-refractivity contribution in [3.8, 4) is 0 Å². The number of rotatable bonds is 5. The van der Waals surface area contributed by atoms with Gasteiger partial charge in [0.25, 0.3) is 0 Å². The molecule has 0 saturated heterocycles. The first kappa shape index (κ1) is 24.1. The highest BCUT2D eigenvalue weighted by Gasteiger charge is 2.86. The molecule has 0 spiro atoms. The molecular weight excluding hydrogens is 428 g/mol. The van der Waals surface area contributed by atoms with Gasteiger partial charge >= 0.3 is 11.9 Å². The first-order valence-corrected chi connectivity index (χ1v) is 11.7. The monoisotopic (exact) mass is 462 g/mol. The highest BCUT2D eigenvalue weighted by molar-refractivity contribution is 6.04. The van der Waals surface area contributed by atoms with Crippen LogP contribution in [0.4, 0.5) is 0 Å². The summed E-state index contributed by atoms with van der Waals surface area (Å²) in [6.07, 6.45) is 2.43. The second-order valence-electron chi connectivity index (χ2n) is 10.6. The van der Waals surface area contributed by atoms with Gasteiger partial charge in [0.1, 0.15) is 11.7 Å². The first-order valence-electron chi connectivity index (χ1n) is 11.7. The Balaban J connectivity index is 1.90. The summed E-state index contributed by atoms with van der Waals surface area (Å²) in [6, 6.07) is 0. The zero-order chi connectivity index (χ0) is 24.6. The number of hydrogen-bond donors (Lipinski definition) is 3. The largest absolute Gasteiger partial charge is 0.458 e. The molecule has 33 heavy (non-hydrogen) atoms. The van der Waals surface area contributed by atoms with Crippen molar-refractivity contribution in [3.05, 3.63) is 23.3 Å². The second kappa shape index (κ2) is 7.48. The maximum atomic E-state index is 13.0. The van der Waals surface area contributed by atoms with E-state index in [0.717, 1.165) is 0 Å². The van der Waals surface area contributed by atoms with Gasteiger partial charge in [0.15, 0.2) is 11.4 Å². The molecule has 4 aliphatic carbocycles. The number of carbonyl (C=O) groups excluding carboxylic acids is 3. The van der Waals surface area contributed by atoms with Crippen LogP contribution in [-0.4, -0.2) is 62.6 Å². The number of carbonyl (C=O) groups is 3. The molecule has 7 atom stereocenters. The number of fused-ring (bicyclic) bond motifs is 5. The lowest BCUT2D eigenvalue weighted by Crippen LogP contribution is -2.61. The van der Waals surface area contributed by atoms with Crippen molar-refractivity contribution in [2.45, 2.75) is 83.2 Å². The van der Waals surface area contributed by atoms with Gasteiger partial charge in [0.05, 0.1) is 12.2 Å². The van der Waals surface area contributed by atoms with Crippen LogP contribution in [0.25, 0.3) is 0 Å². The maximum Gasteiger partial charge on any atom is 0.306 e. The average molecular weight is 463 g/mol. The second-order valence-corrected chi connectivity index (χ2v) is 10.6. The van der Waals surface area contributed by atoms with E-state index in [1.807, 2.05) is 13.8 Å². The van der Waals surface area contributed by atoms with Crippen molar-refractivity contribution in [2.24, 2.45) is 23.2 Å². The number of ketones is 1. The first-order chi connectivity index (χ1) is 15.3. The zero-order valence-corrected chi connectivity index (χ0v) is 19.9. The van der Waals surface area contributed by atoms with Crippen LogP contribution in [0, 0.1) is 23.2 Å². The standard InChI is InChI=1S/C25H34O8/c1-6-18(27)32-17-11-23(30)15(20-22(4,5)25(17,20)33-19(28)7-2)9-14(12-26)10-24(31)16(23)8-13(3)21(24)29/h8-9,15-17,20,26,30-31H,6-7,10-12H2,1-5H3/t15-,16-,17+,20+,23+,24+,25-/m0/s1. The van der Waals surface area contributed by atoms with Gasteiger partial charge < -0.3 is 24.8 Å². The Bertz CT molecular complexity index is 963. The van der Waals surface area contributed by atoms with Gasteiger partial charge in [-0.2, -0.15) is 0 Å². The molecular formula is C25H34O8. The summed E-state index contributed by atoms with van der Waals surface area (Å²) in [7, 11) is 0. The van der Waals surface area contributed by atoms with E-state index in [4.69, 9.17) is 9.47 Å². The number of hydrogen-bond acceptors (Lipinski definition) is 8. The molecule has 0 aliphatic heterocycles. The lowest BCUT2D eigenvalue weighted by atomic mass is 9.63. The fourth-order valence-corrected chi connectivity index (χ4v) is 6.93. The molecule has 0 aromatic rings. The molecule has 182 valence electrons. The minimum atomic E-state index is -1.90. The van der Waals surface area contributed by atoms with Crippen LogP contribution in [0.2, 0.25) is 0 Å². The molecule has 4 rings (SSSR count). The third-order valence-electron chi connectivity index (χ3n) is 8.56. The summed E-state index contributed by atoms with van der Waals surface area (Å²) in [5.74, 6) is -3.43.